The van der Waals surface area contributed by atoms with Crippen molar-refractivity contribution in [3.8, 4) is 0 Å². The number of benzene rings is 1. The highest BCUT2D eigenvalue weighted by molar-refractivity contribution is 14.1. The molecule has 0 aliphatic carbocycles. The number of morpholine rings is 1. The SMILES string of the molecule is NC(=O)C1COCCN1C(=O)c1ccc(I)cc1. The molecule has 96 valence electrons. The molecular formula is C12H13IN2O3. The van der Waals surface area contributed by atoms with E-state index in [1.165, 1.54) is 4.90 Å². The molecule has 2 amide bonds. The lowest BCUT2D eigenvalue weighted by Gasteiger charge is -2.33. The zero-order valence-corrected chi connectivity index (χ0v) is 11.8. The van der Waals surface area contributed by atoms with Gasteiger partial charge >= 0.3 is 0 Å². The van der Waals surface area contributed by atoms with Crippen LogP contribution in [-0.2, 0) is 9.53 Å². The van der Waals surface area contributed by atoms with Crippen LogP contribution in [0.1, 0.15) is 10.4 Å². The largest absolute Gasteiger partial charge is 0.377 e. The third-order valence-electron chi connectivity index (χ3n) is 2.81. The zero-order valence-electron chi connectivity index (χ0n) is 9.64. The average molecular weight is 360 g/mol. The first kappa shape index (κ1) is 13.3. The fourth-order valence-electron chi connectivity index (χ4n) is 1.84. The molecule has 0 aromatic heterocycles. The lowest BCUT2D eigenvalue weighted by Crippen LogP contribution is -2.54. The lowest BCUT2D eigenvalue weighted by molar-refractivity contribution is -0.127. The van der Waals surface area contributed by atoms with E-state index in [2.05, 4.69) is 22.6 Å². The predicted octanol–water partition coefficient (Wildman–Crippen LogP) is 0.618. The van der Waals surface area contributed by atoms with Crippen LogP contribution in [0.4, 0.5) is 0 Å². The molecule has 0 radical (unpaired) electrons. The summed E-state index contributed by atoms with van der Waals surface area (Å²) in [6.07, 6.45) is 0. The highest BCUT2D eigenvalue weighted by Gasteiger charge is 2.31. The Morgan fingerprint density at radius 1 is 1.33 bits per heavy atom. The number of hydrogen-bond acceptors (Lipinski definition) is 3. The quantitative estimate of drug-likeness (QED) is 0.786. The minimum absolute atomic E-state index is 0.172. The number of rotatable bonds is 2. The molecule has 1 aliphatic heterocycles. The minimum atomic E-state index is -0.675. The normalized spacial score (nSPS) is 19.6. The van der Waals surface area contributed by atoms with Gasteiger partial charge in [-0.2, -0.15) is 0 Å². The highest BCUT2D eigenvalue weighted by Crippen LogP contribution is 2.14. The maximum Gasteiger partial charge on any atom is 0.254 e. The molecule has 1 fully saturated rings. The van der Waals surface area contributed by atoms with Gasteiger partial charge in [0.05, 0.1) is 13.2 Å². The Balaban J connectivity index is 2.20. The van der Waals surface area contributed by atoms with Gasteiger partial charge in [0.2, 0.25) is 5.91 Å². The van der Waals surface area contributed by atoms with E-state index < -0.39 is 11.9 Å². The van der Waals surface area contributed by atoms with E-state index in [0.717, 1.165) is 3.57 Å². The molecule has 1 heterocycles. The number of nitrogens with two attached hydrogens (primary N) is 1. The fraction of sp³-hybridized carbons (Fsp3) is 0.333. The van der Waals surface area contributed by atoms with Gasteiger partial charge < -0.3 is 15.4 Å². The van der Waals surface area contributed by atoms with Gasteiger partial charge in [-0.25, -0.2) is 0 Å². The summed E-state index contributed by atoms with van der Waals surface area (Å²) in [6, 6.07) is 6.53. The first-order chi connectivity index (χ1) is 8.59. The molecule has 0 spiro atoms. The second-order valence-electron chi connectivity index (χ2n) is 4.00. The third-order valence-corrected chi connectivity index (χ3v) is 3.53. The molecule has 6 heteroatoms. The molecule has 1 aliphatic rings. The monoisotopic (exact) mass is 360 g/mol. The third kappa shape index (κ3) is 2.81. The van der Waals surface area contributed by atoms with Crippen LogP contribution in [0.25, 0.3) is 0 Å². The molecule has 1 aromatic carbocycles. The van der Waals surface area contributed by atoms with E-state index in [1.807, 2.05) is 12.1 Å². The zero-order chi connectivity index (χ0) is 13.1. The van der Waals surface area contributed by atoms with Crippen molar-refractivity contribution >= 4 is 34.4 Å². The number of ether oxygens (including phenoxy) is 1. The Labute approximate surface area is 118 Å². The molecule has 1 unspecified atom stereocenters. The van der Waals surface area contributed by atoms with E-state index in [0.29, 0.717) is 18.7 Å². The second kappa shape index (κ2) is 5.66. The summed E-state index contributed by atoms with van der Waals surface area (Å²) in [5.41, 5.74) is 5.84. The number of halogens is 1. The fourth-order valence-corrected chi connectivity index (χ4v) is 2.20. The molecule has 18 heavy (non-hydrogen) atoms. The molecule has 2 N–H and O–H groups in total. The van der Waals surface area contributed by atoms with Gasteiger partial charge in [-0.05, 0) is 46.9 Å². The van der Waals surface area contributed by atoms with Crippen molar-refractivity contribution in [1.82, 2.24) is 4.90 Å². The lowest BCUT2D eigenvalue weighted by atomic mass is 10.1. The molecule has 0 saturated carbocycles. The molecule has 0 bridgehead atoms. The smallest absolute Gasteiger partial charge is 0.254 e. The number of primary amides is 1. The summed E-state index contributed by atoms with van der Waals surface area (Å²) in [6.45, 7) is 0.990. The van der Waals surface area contributed by atoms with Crippen LogP contribution in [0.5, 0.6) is 0 Å². The van der Waals surface area contributed by atoms with Gasteiger partial charge in [0.15, 0.2) is 0 Å². The van der Waals surface area contributed by atoms with E-state index >= 15 is 0 Å². The van der Waals surface area contributed by atoms with Crippen molar-refractivity contribution in [2.24, 2.45) is 5.73 Å². The van der Waals surface area contributed by atoms with Crippen LogP contribution < -0.4 is 5.73 Å². The Bertz CT molecular complexity index is 461. The van der Waals surface area contributed by atoms with Crippen LogP contribution in [-0.4, -0.2) is 42.5 Å². The van der Waals surface area contributed by atoms with Gasteiger partial charge in [0.1, 0.15) is 6.04 Å². The molecule has 1 atom stereocenters. The molecular weight excluding hydrogens is 347 g/mol. The van der Waals surface area contributed by atoms with Crippen molar-refractivity contribution in [3.05, 3.63) is 33.4 Å². The number of carbonyl (C=O) groups is 2. The maximum atomic E-state index is 12.3. The van der Waals surface area contributed by atoms with E-state index in [-0.39, 0.29) is 12.5 Å². The van der Waals surface area contributed by atoms with Gasteiger partial charge in [-0.3, -0.25) is 9.59 Å². The molecule has 1 aromatic rings. The minimum Gasteiger partial charge on any atom is -0.377 e. The standard InChI is InChI=1S/C12H13IN2O3/c13-9-3-1-8(2-4-9)12(17)15-5-6-18-7-10(15)11(14)16/h1-4,10H,5-7H2,(H2,14,16). The van der Waals surface area contributed by atoms with Crippen LogP contribution in [0.2, 0.25) is 0 Å². The number of amides is 2. The van der Waals surface area contributed by atoms with E-state index in [9.17, 15) is 9.59 Å². The molecule has 1 saturated heterocycles. The van der Waals surface area contributed by atoms with Crippen molar-refractivity contribution in [1.29, 1.82) is 0 Å². The van der Waals surface area contributed by atoms with Crippen molar-refractivity contribution < 1.29 is 14.3 Å². The van der Waals surface area contributed by atoms with Crippen LogP contribution in [0.15, 0.2) is 24.3 Å². The Morgan fingerprint density at radius 3 is 2.61 bits per heavy atom. The van der Waals surface area contributed by atoms with Crippen molar-refractivity contribution in [2.45, 2.75) is 6.04 Å². The van der Waals surface area contributed by atoms with E-state index in [1.54, 1.807) is 12.1 Å². The van der Waals surface area contributed by atoms with E-state index in [4.69, 9.17) is 10.5 Å². The summed E-state index contributed by atoms with van der Waals surface area (Å²) < 4.78 is 6.24. The summed E-state index contributed by atoms with van der Waals surface area (Å²) >= 11 is 2.17. The summed E-state index contributed by atoms with van der Waals surface area (Å²) in [7, 11) is 0. The van der Waals surface area contributed by atoms with Crippen molar-refractivity contribution in [3.63, 3.8) is 0 Å². The van der Waals surface area contributed by atoms with Gasteiger partial charge in [-0.1, -0.05) is 0 Å². The van der Waals surface area contributed by atoms with Gasteiger partial charge in [-0.15, -0.1) is 0 Å². The van der Waals surface area contributed by atoms with Crippen LogP contribution >= 0.6 is 22.6 Å². The Hall–Kier alpha value is -1.15. The summed E-state index contributed by atoms with van der Waals surface area (Å²) in [5, 5.41) is 0. The number of hydrogen-bond donors (Lipinski definition) is 1. The number of nitrogens with zero attached hydrogens (tertiary/aromatic N) is 1. The van der Waals surface area contributed by atoms with Crippen LogP contribution in [0.3, 0.4) is 0 Å². The van der Waals surface area contributed by atoms with Crippen molar-refractivity contribution in [2.75, 3.05) is 19.8 Å². The first-order valence-electron chi connectivity index (χ1n) is 5.53. The summed E-state index contributed by atoms with van der Waals surface area (Å²) in [4.78, 5) is 25.1. The average Bonchev–Trinajstić information content (AvgIpc) is 2.39. The maximum absolute atomic E-state index is 12.3. The second-order valence-corrected chi connectivity index (χ2v) is 5.24. The highest BCUT2D eigenvalue weighted by atomic mass is 127. The van der Waals surface area contributed by atoms with Gasteiger partial charge in [0.25, 0.3) is 5.91 Å². The molecule has 5 nitrogen and oxygen atoms in total. The number of carbonyl (C=O) groups excluding carboxylic acids is 2. The Morgan fingerprint density at radius 2 is 2.00 bits per heavy atom. The van der Waals surface area contributed by atoms with Crippen LogP contribution in [0, 0.1) is 3.57 Å². The Kier molecular flexibility index (Phi) is 4.18. The topological polar surface area (TPSA) is 72.6 Å². The predicted molar refractivity (Wildman–Crippen MR) is 74.0 cm³/mol. The molecule has 2 rings (SSSR count). The first-order valence-corrected chi connectivity index (χ1v) is 6.61. The summed E-state index contributed by atoms with van der Waals surface area (Å²) in [5.74, 6) is -0.716. The van der Waals surface area contributed by atoms with Gasteiger partial charge in [0, 0.05) is 15.7 Å².